The fourth-order valence-corrected chi connectivity index (χ4v) is 0.906. The van der Waals surface area contributed by atoms with E-state index in [9.17, 15) is 9.18 Å². The monoisotopic (exact) mass is 182 g/mol. The average molecular weight is 182 g/mol. The second-order valence-corrected chi connectivity index (χ2v) is 2.66. The van der Waals surface area contributed by atoms with E-state index in [1.54, 1.807) is 0 Å². The van der Waals surface area contributed by atoms with Crippen molar-refractivity contribution >= 4 is 11.7 Å². The molecule has 0 atom stereocenters. The molecule has 0 saturated heterocycles. The highest BCUT2D eigenvalue weighted by atomic mass is 19.1. The van der Waals surface area contributed by atoms with Crippen LogP contribution in [0, 0.1) is 5.82 Å². The third-order valence-electron chi connectivity index (χ3n) is 1.47. The number of nitrogens with zero attached hydrogens (tertiary/aromatic N) is 1. The van der Waals surface area contributed by atoms with Crippen molar-refractivity contribution in [3.63, 3.8) is 0 Å². The minimum absolute atomic E-state index is 0.138. The van der Waals surface area contributed by atoms with Crippen molar-refractivity contribution in [1.82, 2.24) is 4.98 Å². The molecule has 0 radical (unpaired) electrons. The number of nitrogens with one attached hydrogen (secondary N) is 1. The van der Waals surface area contributed by atoms with Crippen LogP contribution in [0.25, 0.3) is 0 Å². The number of carbonyl (C=O) groups is 1. The third-order valence-corrected chi connectivity index (χ3v) is 1.47. The minimum atomic E-state index is -0.401. The number of carbonyl (C=O) groups excluding carboxylic acids is 1. The van der Waals surface area contributed by atoms with Gasteiger partial charge >= 0.3 is 0 Å². The van der Waals surface area contributed by atoms with Crippen molar-refractivity contribution in [2.75, 3.05) is 5.32 Å². The van der Waals surface area contributed by atoms with Gasteiger partial charge in [-0.3, -0.25) is 4.79 Å². The van der Waals surface area contributed by atoms with Crippen LogP contribution < -0.4 is 5.32 Å². The highest BCUT2D eigenvalue weighted by molar-refractivity contribution is 5.89. The molecule has 0 unspecified atom stereocenters. The predicted molar refractivity (Wildman–Crippen MR) is 47.7 cm³/mol. The van der Waals surface area contributed by atoms with Crippen molar-refractivity contribution in [3.8, 4) is 0 Å². The number of hydrogen-bond acceptors (Lipinski definition) is 2. The molecule has 1 amide bonds. The topological polar surface area (TPSA) is 42.0 Å². The van der Waals surface area contributed by atoms with Crippen LogP contribution in [0.15, 0.2) is 18.3 Å². The number of amides is 1. The van der Waals surface area contributed by atoms with Crippen LogP contribution in [0.2, 0.25) is 0 Å². The van der Waals surface area contributed by atoms with Gasteiger partial charge in [0.15, 0.2) is 0 Å². The Balaban J connectivity index is 2.58. The van der Waals surface area contributed by atoms with Crippen LogP contribution in [0.1, 0.15) is 19.8 Å². The van der Waals surface area contributed by atoms with E-state index in [-0.39, 0.29) is 11.7 Å². The summed E-state index contributed by atoms with van der Waals surface area (Å²) in [5, 5.41) is 2.49. The Morgan fingerprint density at radius 1 is 1.69 bits per heavy atom. The molecular weight excluding hydrogens is 171 g/mol. The van der Waals surface area contributed by atoms with Gasteiger partial charge in [0.25, 0.3) is 0 Å². The van der Waals surface area contributed by atoms with Crippen LogP contribution in [0.4, 0.5) is 10.2 Å². The van der Waals surface area contributed by atoms with Gasteiger partial charge in [-0.2, -0.15) is 0 Å². The van der Waals surface area contributed by atoms with Gasteiger partial charge in [0.1, 0.15) is 11.6 Å². The van der Waals surface area contributed by atoms with Gasteiger partial charge in [-0.1, -0.05) is 6.92 Å². The number of hydrogen-bond donors (Lipinski definition) is 1. The first-order chi connectivity index (χ1) is 6.22. The zero-order valence-electron chi connectivity index (χ0n) is 7.38. The second-order valence-electron chi connectivity index (χ2n) is 2.66. The molecule has 0 aliphatic heterocycles. The summed E-state index contributed by atoms with van der Waals surface area (Å²) in [5.41, 5.74) is 0. The molecule has 0 aromatic carbocycles. The highest BCUT2D eigenvalue weighted by Crippen LogP contribution is 2.05. The molecule has 0 bridgehead atoms. The summed E-state index contributed by atoms with van der Waals surface area (Å²) in [6, 6.07) is 2.42. The fourth-order valence-electron chi connectivity index (χ4n) is 0.906. The van der Waals surface area contributed by atoms with Gasteiger partial charge in [0, 0.05) is 18.7 Å². The van der Waals surface area contributed by atoms with E-state index in [0.717, 1.165) is 6.42 Å². The molecule has 0 saturated carbocycles. The lowest BCUT2D eigenvalue weighted by Crippen LogP contribution is -2.11. The third kappa shape index (κ3) is 3.19. The van der Waals surface area contributed by atoms with Crippen LogP contribution in [-0.2, 0) is 4.79 Å². The van der Waals surface area contributed by atoms with E-state index in [2.05, 4.69) is 10.3 Å². The Morgan fingerprint density at radius 2 is 2.46 bits per heavy atom. The van der Waals surface area contributed by atoms with Gasteiger partial charge in [-0.05, 0) is 12.5 Å². The number of pyridine rings is 1. The zero-order chi connectivity index (χ0) is 9.68. The summed E-state index contributed by atoms with van der Waals surface area (Å²) in [7, 11) is 0. The SMILES string of the molecule is CCCC(=O)Nc1cc(F)ccn1. The minimum Gasteiger partial charge on any atom is -0.311 e. The Morgan fingerprint density at radius 3 is 3.08 bits per heavy atom. The summed E-state index contributed by atoms with van der Waals surface area (Å²) < 4.78 is 12.6. The van der Waals surface area contributed by atoms with E-state index in [1.165, 1.54) is 18.3 Å². The van der Waals surface area contributed by atoms with E-state index in [4.69, 9.17) is 0 Å². The maximum Gasteiger partial charge on any atom is 0.225 e. The lowest BCUT2D eigenvalue weighted by Gasteiger charge is -2.01. The average Bonchev–Trinajstić information content (AvgIpc) is 2.04. The van der Waals surface area contributed by atoms with Gasteiger partial charge < -0.3 is 5.32 Å². The molecule has 1 aromatic rings. The molecule has 1 aromatic heterocycles. The van der Waals surface area contributed by atoms with E-state index < -0.39 is 5.82 Å². The van der Waals surface area contributed by atoms with Crippen molar-refractivity contribution in [2.24, 2.45) is 0 Å². The van der Waals surface area contributed by atoms with Crippen molar-refractivity contribution < 1.29 is 9.18 Å². The molecule has 1 rings (SSSR count). The predicted octanol–water partition coefficient (Wildman–Crippen LogP) is 1.96. The number of aromatic nitrogens is 1. The molecule has 0 spiro atoms. The van der Waals surface area contributed by atoms with Gasteiger partial charge in [-0.25, -0.2) is 9.37 Å². The molecule has 0 aliphatic carbocycles. The Hall–Kier alpha value is -1.45. The molecule has 70 valence electrons. The summed E-state index contributed by atoms with van der Waals surface area (Å²) in [5.74, 6) is -0.277. The lowest BCUT2D eigenvalue weighted by molar-refractivity contribution is -0.116. The molecule has 3 nitrogen and oxygen atoms in total. The Kier molecular flexibility index (Phi) is 3.37. The quantitative estimate of drug-likeness (QED) is 0.776. The van der Waals surface area contributed by atoms with Crippen LogP contribution in [0.3, 0.4) is 0 Å². The summed E-state index contributed by atoms with van der Waals surface area (Å²) >= 11 is 0. The molecule has 1 heterocycles. The largest absolute Gasteiger partial charge is 0.311 e. The van der Waals surface area contributed by atoms with Gasteiger partial charge in [0.05, 0.1) is 0 Å². The summed E-state index contributed by atoms with van der Waals surface area (Å²) in [6.45, 7) is 1.90. The highest BCUT2D eigenvalue weighted by Gasteiger charge is 2.01. The fraction of sp³-hybridized carbons (Fsp3) is 0.333. The molecule has 0 aliphatic rings. The summed E-state index contributed by atoms with van der Waals surface area (Å²) in [6.07, 6.45) is 2.51. The van der Waals surface area contributed by atoms with Crippen LogP contribution in [0.5, 0.6) is 0 Å². The first kappa shape index (κ1) is 9.64. The molecule has 13 heavy (non-hydrogen) atoms. The van der Waals surface area contributed by atoms with E-state index in [1.807, 2.05) is 6.92 Å². The number of halogens is 1. The van der Waals surface area contributed by atoms with Crippen LogP contribution in [-0.4, -0.2) is 10.9 Å². The number of rotatable bonds is 3. The lowest BCUT2D eigenvalue weighted by atomic mass is 10.3. The molecule has 1 N–H and O–H groups in total. The molecular formula is C9H11FN2O. The normalized spacial score (nSPS) is 9.69. The van der Waals surface area contributed by atoms with Crippen LogP contribution >= 0.6 is 0 Å². The molecule has 0 fully saturated rings. The van der Waals surface area contributed by atoms with Crippen molar-refractivity contribution in [1.29, 1.82) is 0 Å². The first-order valence-electron chi connectivity index (χ1n) is 4.13. The number of anilines is 1. The van der Waals surface area contributed by atoms with Crippen molar-refractivity contribution in [3.05, 3.63) is 24.1 Å². The Bertz CT molecular complexity index is 301. The van der Waals surface area contributed by atoms with Gasteiger partial charge in [0.2, 0.25) is 5.91 Å². The molecule has 4 heteroatoms. The van der Waals surface area contributed by atoms with E-state index >= 15 is 0 Å². The van der Waals surface area contributed by atoms with Gasteiger partial charge in [-0.15, -0.1) is 0 Å². The van der Waals surface area contributed by atoms with E-state index in [0.29, 0.717) is 6.42 Å². The smallest absolute Gasteiger partial charge is 0.225 e. The standard InChI is InChI=1S/C9H11FN2O/c1-2-3-9(13)12-8-6-7(10)4-5-11-8/h4-6H,2-3H2,1H3,(H,11,12,13). The van der Waals surface area contributed by atoms with Crippen molar-refractivity contribution in [2.45, 2.75) is 19.8 Å². The zero-order valence-corrected chi connectivity index (χ0v) is 7.38. The first-order valence-corrected chi connectivity index (χ1v) is 4.13. The summed E-state index contributed by atoms with van der Waals surface area (Å²) in [4.78, 5) is 14.8. The Labute approximate surface area is 76.0 Å². The maximum atomic E-state index is 12.6. The maximum absolute atomic E-state index is 12.6. The second kappa shape index (κ2) is 4.54.